The number of benzene rings is 1. The lowest BCUT2D eigenvalue weighted by Crippen LogP contribution is -2.48. The van der Waals surface area contributed by atoms with Gasteiger partial charge in [0.2, 0.25) is 5.91 Å². The number of carbonyl (C=O) groups excluding carboxylic acids is 2. The van der Waals surface area contributed by atoms with E-state index in [4.69, 9.17) is 15.6 Å². The third-order valence-corrected chi connectivity index (χ3v) is 6.76. The first-order chi connectivity index (χ1) is 14.9. The molecule has 0 radical (unpaired) electrons. The third kappa shape index (κ3) is 3.41. The number of amides is 3. The summed E-state index contributed by atoms with van der Waals surface area (Å²) in [5.74, 6) is -0.345. The van der Waals surface area contributed by atoms with Crippen LogP contribution >= 0.6 is 0 Å². The summed E-state index contributed by atoms with van der Waals surface area (Å²) in [4.78, 5) is 27.1. The topological polar surface area (TPSA) is 124 Å². The van der Waals surface area contributed by atoms with Gasteiger partial charge in [-0.05, 0) is 51.8 Å². The van der Waals surface area contributed by atoms with Crippen molar-refractivity contribution in [2.45, 2.75) is 52.5 Å². The zero-order valence-corrected chi connectivity index (χ0v) is 18.7. The molecule has 3 amide bonds. The van der Waals surface area contributed by atoms with Crippen molar-refractivity contribution in [3.63, 3.8) is 0 Å². The molecule has 2 heterocycles. The minimum atomic E-state index is -0.944. The Morgan fingerprint density at radius 3 is 2.56 bits per heavy atom. The van der Waals surface area contributed by atoms with Crippen LogP contribution < -0.4 is 16.4 Å². The van der Waals surface area contributed by atoms with Crippen molar-refractivity contribution in [2.24, 2.45) is 11.1 Å². The molecule has 2 aromatic rings. The lowest BCUT2D eigenvalue weighted by molar-refractivity contribution is -0.132. The molecule has 32 heavy (non-hydrogen) atoms. The molecule has 1 aliphatic carbocycles. The van der Waals surface area contributed by atoms with Gasteiger partial charge >= 0.3 is 6.03 Å². The Kier molecular flexibility index (Phi) is 5.02. The Hall–Kier alpha value is -3.36. The van der Waals surface area contributed by atoms with Crippen LogP contribution in [0.4, 0.5) is 14.9 Å². The van der Waals surface area contributed by atoms with E-state index in [2.05, 4.69) is 10.6 Å². The van der Waals surface area contributed by atoms with Crippen molar-refractivity contribution in [1.82, 2.24) is 10.2 Å². The van der Waals surface area contributed by atoms with Gasteiger partial charge in [0.15, 0.2) is 11.4 Å². The molecule has 0 spiro atoms. The average molecular weight is 442 g/mol. The molecule has 1 aromatic carbocycles. The molecule has 9 heteroatoms. The average Bonchev–Trinajstić information content (AvgIpc) is 3.19. The first kappa shape index (κ1) is 21.9. The van der Waals surface area contributed by atoms with Crippen molar-refractivity contribution in [3.05, 3.63) is 41.0 Å². The fraction of sp³-hybridized carbons (Fsp3) is 0.435. The first-order valence-electron chi connectivity index (χ1n) is 10.6. The van der Waals surface area contributed by atoms with Crippen LogP contribution in [-0.4, -0.2) is 34.8 Å². The number of furan rings is 1. The second-order valence-corrected chi connectivity index (χ2v) is 9.41. The third-order valence-electron chi connectivity index (χ3n) is 6.76. The molecule has 0 unspecified atom stereocenters. The lowest BCUT2D eigenvalue weighted by atomic mass is 9.70. The number of hydrogen-bond acceptors (Lipinski definition) is 5. The number of nitrogens with two attached hydrogens (primary N) is 1. The molecule has 2 aliphatic rings. The number of anilines is 1. The van der Waals surface area contributed by atoms with E-state index >= 15 is 0 Å². The Balaban J connectivity index is 1.54. The Bertz CT molecular complexity index is 1180. The number of nitrogens with zero attached hydrogens (tertiary/aromatic N) is 1. The predicted molar refractivity (Wildman–Crippen MR) is 120 cm³/mol. The maximum atomic E-state index is 14.5. The van der Waals surface area contributed by atoms with Crippen LogP contribution in [0, 0.1) is 23.6 Å². The fourth-order valence-electron chi connectivity index (χ4n) is 4.27. The van der Waals surface area contributed by atoms with Gasteiger partial charge in [-0.3, -0.25) is 10.2 Å². The minimum Gasteiger partial charge on any atom is -0.459 e. The first-order valence-corrected chi connectivity index (χ1v) is 10.6. The number of amidine groups is 1. The largest absolute Gasteiger partial charge is 0.459 e. The van der Waals surface area contributed by atoms with Gasteiger partial charge in [-0.2, -0.15) is 0 Å². The summed E-state index contributed by atoms with van der Waals surface area (Å²) in [5.41, 5.74) is 5.78. The second-order valence-electron chi connectivity index (χ2n) is 9.41. The summed E-state index contributed by atoms with van der Waals surface area (Å²) in [5, 5.41) is 14.3. The molecule has 4 rings (SSSR count). The Labute approximate surface area is 185 Å². The summed E-state index contributed by atoms with van der Waals surface area (Å²) < 4.78 is 20.1. The van der Waals surface area contributed by atoms with Crippen LogP contribution in [0.1, 0.15) is 45.8 Å². The summed E-state index contributed by atoms with van der Waals surface area (Å²) in [6.45, 7) is 7.11. The van der Waals surface area contributed by atoms with Gasteiger partial charge in [0.1, 0.15) is 17.3 Å². The minimum absolute atomic E-state index is 0.00920. The Morgan fingerprint density at radius 1 is 1.25 bits per heavy atom. The fourth-order valence-corrected chi connectivity index (χ4v) is 4.27. The normalized spacial score (nSPS) is 19.1. The molecule has 0 bridgehead atoms. The number of nitrogens with one attached hydrogen (secondary N) is 3. The molecular formula is C23H28FN5O3. The van der Waals surface area contributed by atoms with Gasteiger partial charge < -0.3 is 25.7 Å². The quantitative estimate of drug-likeness (QED) is 0.424. The SMILES string of the molecule is Cc1cc2ccc(F)c(NC(=O)N3CC(C(=N)NC(=O)C4(C)CCC4)=C(N)C3(C)C)c2o1. The summed E-state index contributed by atoms with van der Waals surface area (Å²) in [6, 6.07) is 4.03. The molecule has 170 valence electrons. The number of rotatable bonds is 3. The van der Waals surface area contributed by atoms with E-state index in [1.54, 1.807) is 32.9 Å². The van der Waals surface area contributed by atoms with E-state index in [0.29, 0.717) is 22.4 Å². The molecule has 0 saturated heterocycles. The van der Waals surface area contributed by atoms with Crippen molar-refractivity contribution in [2.75, 3.05) is 11.9 Å². The highest BCUT2D eigenvalue weighted by molar-refractivity contribution is 6.09. The van der Waals surface area contributed by atoms with E-state index < -0.39 is 22.8 Å². The van der Waals surface area contributed by atoms with E-state index in [1.165, 1.54) is 11.0 Å². The van der Waals surface area contributed by atoms with Crippen LogP contribution in [-0.2, 0) is 4.79 Å². The predicted octanol–water partition coefficient (Wildman–Crippen LogP) is 4.00. The van der Waals surface area contributed by atoms with Gasteiger partial charge in [0.25, 0.3) is 0 Å². The van der Waals surface area contributed by atoms with Crippen molar-refractivity contribution < 1.29 is 18.4 Å². The Morgan fingerprint density at radius 2 is 1.94 bits per heavy atom. The monoisotopic (exact) mass is 441 g/mol. The standard InChI is InChI=1S/C23H28FN5O3/c1-12-10-13-6-7-15(24)16(17(13)32-12)27-21(31)29-11-14(18(25)22(29,2)3)19(26)28-20(30)23(4)8-5-9-23/h6-7,10H,5,8-9,11,25H2,1-4H3,(H,27,31)(H2,26,28,30). The summed E-state index contributed by atoms with van der Waals surface area (Å²) in [6.07, 6.45) is 2.55. The zero-order chi connectivity index (χ0) is 23.4. The van der Waals surface area contributed by atoms with Gasteiger partial charge in [0.05, 0.1) is 12.1 Å². The smallest absolute Gasteiger partial charge is 0.323 e. The molecule has 1 fully saturated rings. The van der Waals surface area contributed by atoms with Gasteiger partial charge in [0, 0.05) is 22.1 Å². The van der Waals surface area contributed by atoms with E-state index in [9.17, 15) is 14.0 Å². The van der Waals surface area contributed by atoms with Gasteiger partial charge in [-0.25, -0.2) is 9.18 Å². The second kappa shape index (κ2) is 7.36. The summed E-state index contributed by atoms with van der Waals surface area (Å²) >= 11 is 0. The zero-order valence-electron chi connectivity index (χ0n) is 18.7. The van der Waals surface area contributed by atoms with Crippen LogP contribution in [0.5, 0.6) is 0 Å². The highest BCUT2D eigenvalue weighted by atomic mass is 19.1. The molecule has 1 aliphatic heterocycles. The summed E-state index contributed by atoms with van der Waals surface area (Å²) in [7, 11) is 0. The highest BCUT2D eigenvalue weighted by Gasteiger charge is 2.44. The number of fused-ring (bicyclic) bond motifs is 1. The van der Waals surface area contributed by atoms with Crippen molar-refractivity contribution in [1.29, 1.82) is 5.41 Å². The molecular weight excluding hydrogens is 413 g/mol. The van der Waals surface area contributed by atoms with Crippen LogP contribution in [0.3, 0.4) is 0 Å². The van der Waals surface area contributed by atoms with E-state index in [-0.39, 0.29) is 29.6 Å². The van der Waals surface area contributed by atoms with Crippen LogP contribution in [0.2, 0.25) is 0 Å². The number of urea groups is 1. The van der Waals surface area contributed by atoms with Crippen molar-refractivity contribution >= 4 is 34.4 Å². The molecule has 8 nitrogen and oxygen atoms in total. The van der Waals surface area contributed by atoms with Crippen LogP contribution in [0.15, 0.2) is 33.9 Å². The molecule has 5 N–H and O–H groups in total. The maximum absolute atomic E-state index is 14.5. The number of halogens is 1. The molecule has 0 atom stereocenters. The number of aryl methyl sites for hydroxylation is 1. The number of hydrogen-bond donors (Lipinski definition) is 4. The highest BCUT2D eigenvalue weighted by Crippen LogP contribution is 2.40. The van der Waals surface area contributed by atoms with Crippen LogP contribution in [0.25, 0.3) is 11.0 Å². The number of carbonyl (C=O) groups is 2. The molecule has 1 saturated carbocycles. The van der Waals surface area contributed by atoms with Gasteiger partial charge in [-0.1, -0.05) is 13.3 Å². The maximum Gasteiger partial charge on any atom is 0.323 e. The van der Waals surface area contributed by atoms with Crippen molar-refractivity contribution in [3.8, 4) is 0 Å². The van der Waals surface area contributed by atoms with Gasteiger partial charge in [-0.15, -0.1) is 0 Å². The van der Waals surface area contributed by atoms with E-state index in [1.807, 2.05) is 6.92 Å². The lowest BCUT2D eigenvalue weighted by Gasteiger charge is -2.36. The van der Waals surface area contributed by atoms with E-state index in [0.717, 1.165) is 19.3 Å². The molecule has 1 aromatic heterocycles.